The van der Waals surface area contributed by atoms with Gasteiger partial charge in [-0.05, 0) is 55.3 Å². The molecule has 5 nitrogen and oxygen atoms in total. The van der Waals surface area contributed by atoms with Crippen LogP contribution in [0.15, 0.2) is 72.8 Å². The van der Waals surface area contributed by atoms with Crippen molar-refractivity contribution in [3.05, 3.63) is 88.4 Å². The zero-order chi connectivity index (χ0) is 23.5. The van der Waals surface area contributed by atoms with Crippen LogP contribution in [0.2, 0.25) is 10.0 Å². The van der Waals surface area contributed by atoms with Crippen molar-refractivity contribution in [3.8, 4) is 5.75 Å². The van der Waals surface area contributed by atoms with Gasteiger partial charge >= 0.3 is 0 Å². The van der Waals surface area contributed by atoms with E-state index in [1.165, 1.54) is 0 Å². The van der Waals surface area contributed by atoms with Gasteiger partial charge in [0.05, 0.1) is 11.1 Å². The molecule has 3 aromatic rings. The van der Waals surface area contributed by atoms with Crippen molar-refractivity contribution in [1.82, 2.24) is 0 Å². The molecule has 2 atom stereocenters. The highest BCUT2D eigenvalue weighted by Gasteiger charge is 2.37. The maximum Gasteiger partial charge on any atom is 0.265 e. The highest BCUT2D eigenvalue weighted by atomic mass is 35.5. The molecular weight excluding hydrogens is 459 g/mol. The van der Waals surface area contributed by atoms with Gasteiger partial charge in [-0.1, -0.05) is 59.6 Å². The zero-order valence-corrected chi connectivity index (χ0v) is 19.9. The minimum atomic E-state index is -0.188. The van der Waals surface area contributed by atoms with E-state index in [0.717, 1.165) is 16.9 Å². The number of fused-ring (bicyclic) bond motifs is 1. The number of carbonyl (C=O) groups is 2. The molecule has 4 rings (SSSR count). The average Bonchev–Trinajstić information content (AvgIpc) is 2.79. The smallest absolute Gasteiger partial charge is 0.265 e. The minimum Gasteiger partial charge on any atom is -0.482 e. The molecule has 0 N–H and O–H groups in total. The molecule has 0 saturated carbocycles. The molecule has 1 heterocycles. The van der Waals surface area contributed by atoms with E-state index in [1.54, 1.807) is 34.9 Å². The van der Waals surface area contributed by atoms with Gasteiger partial charge in [0, 0.05) is 29.4 Å². The minimum absolute atomic E-state index is 0.0475. The van der Waals surface area contributed by atoms with E-state index in [4.69, 9.17) is 27.9 Å². The van der Waals surface area contributed by atoms with Gasteiger partial charge in [0.25, 0.3) is 5.91 Å². The lowest BCUT2D eigenvalue weighted by atomic mass is 9.90. The van der Waals surface area contributed by atoms with Crippen molar-refractivity contribution in [2.75, 3.05) is 16.4 Å². The van der Waals surface area contributed by atoms with E-state index in [1.807, 2.05) is 61.5 Å². The molecule has 0 aromatic heterocycles. The van der Waals surface area contributed by atoms with E-state index in [2.05, 4.69) is 0 Å². The molecule has 33 heavy (non-hydrogen) atoms. The molecule has 7 heteroatoms. The van der Waals surface area contributed by atoms with Crippen molar-refractivity contribution in [2.45, 2.75) is 32.4 Å². The maximum atomic E-state index is 13.3. The second-order valence-corrected chi connectivity index (χ2v) is 8.85. The zero-order valence-electron chi connectivity index (χ0n) is 18.4. The van der Waals surface area contributed by atoms with E-state index in [0.29, 0.717) is 22.2 Å². The average molecular weight is 483 g/mol. The molecule has 2 unspecified atom stereocenters. The van der Waals surface area contributed by atoms with Crippen molar-refractivity contribution >= 4 is 46.4 Å². The summed E-state index contributed by atoms with van der Waals surface area (Å²) in [4.78, 5) is 29.5. The Morgan fingerprint density at radius 1 is 1.03 bits per heavy atom. The number of hydrogen-bond donors (Lipinski definition) is 0. The number of benzene rings is 3. The SMILES string of the molecule is CC(=O)N(c1ccccc1)C1CC(C)N(C(=O)COc2ccc(Cl)cc2Cl)c2ccccc21. The third kappa shape index (κ3) is 4.85. The first-order valence-corrected chi connectivity index (χ1v) is 11.5. The normalized spacial score (nSPS) is 17.3. The molecular formula is C26H24Cl2N2O3. The van der Waals surface area contributed by atoms with Gasteiger partial charge < -0.3 is 14.5 Å². The van der Waals surface area contributed by atoms with Crippen LogP contribution < -0.4 is 14.5 Å². The number of amides is 2. The van der Waals surface area contributed by atoms with Crippen molar-refractivity contribution in [2.24, 2.45) is 0 Å². The standard InChI is InChI=1S/C26H24Cl2N2O3/c1-17-14-24(30(18(2)31)20-8-4-3-5-9-20)21-10-6-7-11-23(21)29(17)26(32)16-33-25-13-12-19(27)15-22(25)28/h3-13,15,17,24H,14,16H2,1-2H3. The van der Waals surface area contributed by atoms with Crippen molar-refractivity contribution in [3.63, 3.8) is 0 Å². The summed E-state index contributed by atoms with van der Waals surface area (Å²) in [5.74, 6) is 0.166. The summed E-state index contributed by atoms with van der Waals surface area (Å²) in [5.41, 5.74) is 2.53. The molecule has 0 fully saturated rings. The van der Waals surface area contributed by atoms with Gasteiger partial charge in [-0.25, -0.2) is 0 Å². The lowest BCUT2D eigenvalue weighted by Crippen LogP contribution is -2.48. The van der Waals surface area contributed by atoms with Crippen molar-refractivity contribution in [1.29, 1.82) is 0 Å². The fourth-order valence-electron chi connectivity index (χ4n) is 4.38. The predicted octanol–water partition coefficient (Wildman–Crippen LogP) is 6.29. The van der Waals surface area contributed by atoms with Gasteiger partial charge in [0.1, 0.15) is 5.75 Å². The Labute approximate surface area is 203 Å². The summed E-state index contributed by atoms with van der Waals surface area (Å²) < 4.78 is 5.71. The second-order valence-electron chi connectivity index (χ2n) is 8.01. The number of ether oxygens (including phenoxy) is 1. The lowest BCUT2D eigenvalue weighted by Gasteiger charge is -2.43. The van der Waals surface area contributed by atoms with Gasteiger partial charge in [-0.15, -0.1) is 0 Å². The van der Waals surface area contributed by atoms with E-state index >= 15 is 0 Å². The fourth-order valence-corrected chi connectivity index (χ4v) is 4.84. The van der Waals surface area contributed by atoms with Crippen LogP contribution in [-0.2, 0) is 9.59 Å². The van der Waals surface area contributed by atoms with Gasteiger partial charge in [0.15, 0.2) is 6.61 Å². The van der Waals surface area contributed by atoms with Crippen LogP contribution in [0.4, 0.5) is 11.4 Å². The van der Waals surface area contributed by atoms with Crippen molar-refractivity contribution < 1.29 is 14.3 Å². The maximum absolute atomic E-state index is 13.3. The first-order chi connectivity index (χ1) is 15.9. The molecule has 1 aliphatic heterocycles. The summed E-state index contributed by atoms with van der Waals surface area (Å²) in [5, 5.41) is 0.846. The Morgan fingerprint density at radius 2 is 1.73 bits per heavy atom. The van der Waals surface area contributed by atoms with E-state index < -0.39 is 0 Å². The van der Waals surface area contributed by atoms with Crippen LogP contribution in [0.3, 0.4) is 0 Å². The molecule has 2 amide bonds. The Hall–Kier alpha value is -3.02. The first-order valence-electron chi connectivity index (χ1n) is 10.7. The summed E-state index contributed by atoms with van der Waals surface area (Å²) in [6.07, 6.45) is 0.596. The Balaban J connectivity index is 1.63. The van der Waals surface area contributed by atoms with E-state index in [-0.39, 0.29) is 30.5 Å². The molecule has 0 aliphatic carbocycles. The van der Waals surface area contributed by atoms with Crippen LogP contribution in [0.1, 0.15) is 31.9 Å². The Kier molecular flexibility index (Phi) is 6.91. The van der Waals surface area contributed by atoms with Crippen LogP contribution in [0.25, 0.3) is 0 Å². The third-order valence-corrected chi connectivity index (χ3v) is 6.29. The summed E-state index contributed by atoms with van der Waals surface area (Å²) in [6, 6.07) is 21.9. The molecule has 0 saturated heterocycles. The van der Waals surface area contributed by atoms with Crippen LogP contribution in [0.5, 0.6) is 5.75 Å². The third-order valence-electron chi connectivity index (χ3n) is 5.76. The van der Waals surface area contributed by atoms with E-state index in [9.17, 15) is 9.59 Å². The first kappa shape index (κ1) is 23.1. The number of anilines is 2. The quantitative estimate of drug-likeness (QED) is 0.429. The van der Waals surface area contributed by atoms with Gasteiger partial charge in [-0.3, -0.25) is 9.59 Å². The Bertz CT molecular complexity index is 1170. The summed E-state index contributed by atoms with van der Waals surface area (Å²) in [7, 11) is 0. The lowest BCUT2D eigenvalue weighted by molar-refractivity contribution is -0.121. The number of rotatable bonds is 5. The summed E-state index contributed by atoms with van der Waals surface area (Å²) in [6.45, 7) is 3.39. The van der Waals surface area contributed by atoms with Crippen LogP contribution >= 0.6 is 23.2 Å². The molecule has 0 radical (unpaired) electrons. The predicted molar refractivity (Wildman–Crippen MR) is 132 cm³/mol. The number of nitrogens with zero attached hydrogens (tertiary/aromatic N) is 2. The fraction of sp³-hybridized carbons (Fsp3) is 0.231. The number of para-hydroxylation sites is 2. The van der Waals surface area contributed by atoms with Crippen LogP contribution in [0, 0.1) is 0 Å². The molecule has 170 valence electrons. The van der Waals surface area contributed by atoms with Gasteiger partial charge in [-0.2, -0.15) is 0 Å². The number of carbonyl (C=O) groups excluding carboxylic acids is 2. The molecule has 1 aliphatic rings. The highest BCUT2D eigenvalue weighted by molar-refractivity contribution is 6.35. The number of halogens is 2. The molecule has 0 bridgehead atoms. The topological polar surface area (TPSA) is 49.9 Å². The molecule has 3 aromatic carbocycles. The number of hydrogen-bond acceptors (Lipinski definition) is 3. The van der Waals surface area contributed by atoms with Gasteiger partial charge in [0.2, 0.25) is 5.91 Å². The molecule has 0 spiro atoms. The summed E-state index contributed by atoms with van der Waals surface area (Å²) >= 11 is 12.1. The second kappa shape index (κ2) is 9.86. The Morgan fingerprint density at radius 3 is 2.42 bits per heavy atom. The monoisotopic (exact) mass is 482 g/mol. The van der Waals surface area contributed by atoms with Crippen LogP contribution in [-0.4, -0.2) is 24.5 Å². The highest BCUT2D eigenvalue weighted by Crippen LogP contribution is 2.42. The largest absolute Gasteiger partial charge is 0.482 e.